The second-order valence-electron chi connectivity index (χ2n) is 10.6. The van der Waals surface area contributed by atoms with E-state index in [9.17, 15) is 9.90 Å². The van der Waals surface area contributed by atoms with Crippen LogP contribution in [0, 0.1) is 5.92 Å². The SMILES string of the molecule is CC(C)C(O)NCCCOc1cc(-c2cc3cc(CN4CCCCC4)ccc3[nH]2)c2c(c1Cl)CNC2=O. The van der Waals surface area contributed by atoms with Gasteiger partial charge in [0, 0.05) is 47.4 Å². The predicted octanol–water partition coefficient (Wildman–Crippen LogP) is 5.05. The van der Waals surface area contributed by atoms with Crippen molar-refractivity contribution in [3.63, 3.8) is 0 Å². The highest BCUT2D eigenvalue weighted by atomic mass is 35.5. The Hall–Kier alpha value is -2.58. The van der Waals surface area contributed by atoms with E-state index in [1.54, 1.807) is 0 Å². The van der Waals surface area contributed by atoms with Gasteiger partial charge in [-0.2, -0.15) is 0 Å². The number of aliphatic hydroxyl groups is 1. The zero-order chi connectivity index (χ0) is 25.9. The molecule has 0 spiro atoms. The van der Waals surface area contributed by atoms with Gasteiger partial charge >= 0.3 is 0 Å². The minimum atomic E-state index is -0.533. The maximum Gasteiger partial charge on any atom is 0.252 e. The monoisotopic (exact) mass is 524 g/mol. The molecule has 0 aliphatic carbocycles. The Morgan fingerprint density at radius 2 is 1.97 bits per heavy atom. The lowest BCUT2D eigenvalue weighted by molar-refractivity contribution is 0.0892. The number of ether oxygens (including phenoxy) is 1. The number of hydrogen-bond donors (Lipinski definition) is 4. The number of benzene rings is 2. The van der Waals surface area contributed by atoms with Gasteiger partial charge in [-0.1, -0.05) is 37.9 Å². The van der Waals surface area contributed by atoms with Gasteiger partial charge < -0.3 is 20.1 Å². The van der Waals surface area contributed by atoms with Crippen LogP contribution in [0.3, 0.4) is 0 Å². The van der Waals surface area contributed by atoms with E-state index >= 15 is 0 Å². The largest absolute Gasteiger partial charge is 0.492 e. The van der Waals surface area contributed by atoms with Crippen LogP contribution in [0.4, 0.5) is 0 Å². The molecule has 1 atom stereocenters. The molecule has 8 heteroatoms. The number of nitrogens with zero attached hydrogens (tertiary/aromatic N) is 1. The highest BCUT2D eigenvalue weighted by molar-refractivity contribution is 6.34. The summed E-state index contributed by atoms with van der Waals surface area (Å²) in [6, 6.07) is 10.6. The molecular weight excluding hydrogens is 488 g/mol. The molecule has 4 N–H and O–H groups in total. The van der Waals surface area contributed by atoms with Crippen molar-refractivity contribution in [1.29, 1.82) is 0 Å². The Labute approximate surface area is 223 Å². The number of amides is 1. The number of fused-ring (bicyclic) bond motifs is 2. The van der Waals surface area contributed by atoms with Crippen LogP contribution in [0.1, 0.15) is 61.0 Å². The Balaban J connectivity index is 1.37. The van der Waals surface area contributed by atoms with Crippen molar-refractivity contribution in [2.45, 2.75) is 58.8 Å². The third-order valence-electron chi connectivity index (χ3n) is 7.37. The molecule has 3 aromatic rings. The Morgan fingerprint density at radius 1 is 1.16 bits per heavy atom. The van der Waals surface area contributed by atoms with Gasteiger partial charge in [-0.05, 0) is 68.1 Å². The molecule has 1 amide bonds. The number of carbonyl (C=O) groups excluding carboxylic acids is 1. The first-order chi connectivity index (χ1) is 17.9. The molecule has 1 fully saturated rings. The molecule has 2 aromatic carbocycles. The summed E-state index contributed by atoms with van der Waals surface area (Å²) in [5.74, 6) is 0.604. The molecule has 2 aliphatic rings. The normalized spacial score (nSPS) is 16.8. The average Bonchev–Trinajstić information content (AvgIpc) is 3.49. The number of aliphatic hydroxyl groups excluding tert-OH is 1. The highest BCUT2D eigenvalue weighted by Crippen LogP contribution is 2.41. The van der Waals surface area contributed by atoms with Crippen molar-refractivity contribution in [2.24, 2.45) is 5.92 Å². The maximum absolute atomic E-state index is 12.8. The Kier molecular flexibility index (Phi) is 8.05. The van der Waals surface area contributed by atoms with Gasteiger partial charge in [-0.25, -0.2) is 0 Å². The molecule has 1 unspecified atom stereocenters. The molecule has 3 heterocycles. The third-order valence-corrected chi connectivity index (χ3v) is 7.79. The van der Waals surface area contributed by atoms with Crippen molar-refractivity contribution in [3.05, 3.63) is 52.0 Å². The molecule has 0 radical (unpaired) electrons. The molecule has 0 bridgehead atoms. The summed E-state index contributed by atoms with van der Waals surface area (Å²) in [6.07, 6.45) is 4.08. The van der Waals surface area contributed by atoms with E-state index in [1.807, 2.05) is 19.9 Å². The van der Waals surface area contributed by atoms with E-state index in [2.05, 4.69) is 44.8 Å². The second kappa shape index (κ2) is 11.4. The number of likely N-dealkylation sites (tertiary alicyclic amines) is 1. The van der Waals surface area contributed by atoms with Crippen LogP contribution in [0.5, 0.6) is 5.75 Å². The molecule has 2 aliphatic heterocycles. The number of nitrogens with one attached hydrogen (secondary N) is 3. The molecule has 37 heavy (non-hydrogen) atoms. The fourth-order valence-corrected chi connectivity index (χ4v) is 5.50. The van der Waals surface area contributed by atoms with Gasteiger partial charge in [-0.15, -0.1) is 0 Å². The minimum Gasteiger partial charge on any atom is -0.492 e. The van der Waals surface area contributed by atoms with E-state index in [-0.39, 0.29) is 11.8 Å². The predicted molar refractivity (Wildman–Crippen MR) is 148 cm³/mol. The van der Waals surface area contributed by atoms with Crippen LogP contribution in [0.25, 0.3) is 22.2 Å². The van der Waals surface area contributed by atoms with Crippen molar-refractivity contribution >= 4 is 28.4 Å². The molecule has 1 aromatic heterocycles. The van der Waals surface area contributed by atoms with E-state index < -0.39 is 6.23 Å². The highest BCUT2D eigenvalue weighted by Gasteiger charge is 2.29. The van der Waals surface area contributed by atoms with Crippen molar-refractivity contribution < 1.29 is 14.6 Å². The summed E-state index contributed by atoms with van der Waals surface area (Å²) in [7, 11) is 0. The smallest absolute Gasteiger partial charge is 0.252 e. The number of piperidine rings is 1. The summed E-state index contributed by atoms with van der Waals surface area (Å²) < 4.78 is 6.07. The summed E-state index contributed by atoms with van der Waals surface area (Å²) >= 11 is 6.69. The molecule has 7 nitrogen and oxygen atoms in total. The lowest BCUT2D eigenvalue weighted by Gasteiger charge is -2.26. The fraction of sp³-hybridized carbons (Fsp3) is 0.483. The zero-order valence-electron chi connectivity index (χ0n) is 21.7. The quantitative estimate of drug-likeness (QED) is 0.220. The first kappa shape index (κ1) is 26.0. The second-order valence-corrected chi connectivity index (χ2v) is 10.9. The lowest BCUT2D eigenvalue weighted by Crippen LogP contribution is -2.34. The number of H-pyrrole nitrogens is 1. The van der Waals surface area contributed by atoms with Crippen LogP contribution in [0.2, 0.25) is 5.02 Å². The van der Waals surface area contributed by atoms with Gasteiger partial charge in [-0.3, -0.25) is 15.0 Å². The van der Waals surface area contributed by atoms with Crippen LogP contribution in [-0.4, -0.2) is 53.4 Å². The van der Waals surface area contributed by atoms with Gasteiger partial charge in [0.2, 0.25) is 0 Å². The number of hydrogen-bond acceptors (Lipinski definition) is 5. The first-order valence-electron chi connectivity index (χ1n) is 13.4. The average molecular weight is 525 g/mol. The van der Waals surface area contributed by atoms with Crippen LogP contribution in [-0.2, 0) is 13.1 Å². The molecule has 0 saturated carbocycles. The molecular formula is C29H37ClN4O3. The first-order valence-corrected chi connectivity index (χ1v) is 13.8. The number of halogens is 1. The number of carbonyl (C=O) groups is 1. The summed E-state index contributed by atoms with van der Waals surface area (Å²) in [5, 5.41) is 17.5. The zero-order valence-corrected chi connectivity index (χ0v) is 22.5. The number of aromatic amines is 1. The Morgan fingerprint density at radius 3 is 2.76 bits per heavy atom. The van der Waals surface area contributed by atoms with Crippen LogP contribution >= 0.6 is 11.6 Å². The summed E-state index contributed by atoms with van der Waals surface area (Å²) in [6.45, 7) is 8.71. The topological polar surface area (TPSA) is 89.6 Å². The molecule has 198 valence electrons. The van der Waals surface area contributed by atoms with Gasteiger partial charge in [0.25, 0.3) is 5.91 Å². The van der Waals surface area contributed by atoms with E-state index in [0.717, 1.165) is 40.7 Å². The number of aromatic nitrogens is 1. The van der Waals surface area contributed by atoms with Crippen molar-refractivity contribution in [2.75, 3.05) is 26.2 Å². The lowest BCUT2D eigenvalue weighted by atomic mass is 9.99. The van der Waals surface area contributed by atoms with Crippen LogP contribution in [0.15, 0.2) is 30.3 Å². The van der Waals surface area contributed by atoms with Crippen molar-refractivity contribution in [1.82, 2.24) is 20.5 Å². The third kappa shape index (κ3) is 5.80. The summed E-state index contributed by atoms with van der Waals surface area (Å²) in [4.78, 5) is 18.8. The van der Waals surface area contributed by atoms with E-state index in [1.165, 1.54) is 37.9 Å². The Bertz CT molecular complexity index is 1270. The van der Waals surface area contributed by atoms with Gasteiger partial charge in [0.1, 0.15) is 12.0 Å². The molecule has 5 rings (SSSR count). The standard InChI is InChI=1S/C29H37ClN4O3/c1-18(2)28(35)31-9-6-12-37-25-15-21(26-22(27(25)30)16-32-29(26)36)24-14-20-13-19(7-8-23(20)33-24)17-34-10-4-3-5-11-34/h7-8,13-15,18,28,31,33,35H,3-6,9-12,16-17H2,1-2H3,(H,32,36). The number of rotatable bonds is 10. The minimum absolute atomic E-state index is 0.116. The fourth-order valence-electron chi connectivity index (χ4n) is 5.23. The summed E-state index contributed by atoms with van der Waals surface area (Å²) in [5.41, 5.74) is 5.40. The van der Waals surface area contributed by atoms with E-state index in [4.69, 9.17) is 16.3 Å². The maximum atomic E-state index is 12.8. The van der Waals surface area contributed by atoms with Crippen LogP contribution < -0.4 is 15.4 Å². The van der Waals surface area contributed by atoms with Crippen molar-refractivity contribution in [3.8, 4) is 17.0 Å². The van der Waals surface area contributed by atoms with Gasteiger partial charge in [0.15, 0.2) is 0 Å². The van der Waals surface area contributed by atoms with E-state index in [0.29, 0.717) is 36.0 Å². The molecule has 1 saturated heterocycles. The van der Waals surface area contributed by atoms with Gasteiger partial charge in [0.05, 0.1) is 17.2 Å².